The molecule has 2 unspecified atom stereocenters. The number of hydrogen-bond acceptors (Lipinski definition) is 5. The SMILES string of the molecule is Cc1c(NC(=O)C2CCC(CN)O2)cccc1S(N)(=O)=O. The molecule has 0 saturated carbocycles. The van der Waals surface area contributed by atoms with Gasteiger partial charge in [0.25, 0.3) is 5.91 Å². The molecule has 2 atom stereocenters. The van der Waals surface area contributed by atoms with Crippen LogP contribution in [0.1, 0.15) is 18.4 Å². The number of carbonyl (C=O) groups excluding carboxylic acids is 1. The van der Waals surface area contributed by atoms with E-state index < -0.39 is 16.1 Å². The lowest BCUT2D eigenvalue weighted by Crippen LogP contribution is -2.30. The number of nitrogens with one attached hydrogen (secondary N) is 1. The quantitative estimate of drug-likeness (QED) is 0.726. The largest absolute Gasteiger partial charge is 0.364 e. The molecule has 1 saturated heterocycles. The van der Waals surface area contributed by atoms with Crippen molar-refractivity contribution >= 4 is 21.6 Å². The first-order valence-electron chi connectivity index (χ1n) is 6.61. The lowest BCUT2D eigenvalue weighted by Gasteiger charge is -2.15. The van der Waals surface area contributed by atoms with Crippen LogP contribution in [0.3, 0.4) is 0 Å². The Balaban J connectivity index is 2.15. The van der Waals surface area contributed by atoms with E-state index in [9.17, 15) is 13.2 Å². The van der Waals surface area contributed by atoms with Gasteiger partial charge in [0.1, 0.15) is 6.10 Å². The van der Waals surface area contributed by atoms with Crippen molar-refractivity contribution in [1.29, 1.82) is 0 Å². The number of anilines is 1. The Labute approximate surface area is 123 Å². The third-order valence-electron chi connectivity index (χ3n) is 3.51. The zero-order valence-electron chi connectivity index (χ0n) is 11.7. The fraction of sp³-hybridized carbons (Fsp3) is 0.462. The fourth-order valence-electron chi connectivity index (χ4n) is 2.34. The van der Waals surface area contributed by atoms with Crippen molar-refractivity contribution in [2.75, 3.05) is 11.9 Å². The van der Waals surface area contributed by atoms with Crippen molar-refractivity contribution in [1.82, 2.24) is 0 Å². The molecule has 7 nitrogen and oxygen atoms in total. The van der Waals surface area contributed by atoms with E-state index in [1.807, 2.05) is 0 Å². The summed E-state index contributed by atoms with van der Waals surface area (Å²) in [7, 11) is -3.82. The van der Waals surface area contributed by atoms with E-state index in [0.29, 0.717) is 24.2 Å². The van der Waals surface area contributed by atoms with Gasteiger partial charge in [-0.25, -0.2) is 13.6 Å². The number of hydrogen-bond donors (Lipinski definition) is 3. The number of rotatable bonds is 4. The summed E-state index contributed by atoms with van der Waals surface area (Å²) in [5.74, 6) is -0.305. The van der Waals surface area contributed by atoms with Gasteiger partial charge in [0.2, 0.25) is 10.0 Å². The van der Waals surface area contributed by atoms with E-state index in [2.05, 4.69) is 5.32 Å². The molecule has 1 aliphatic rings. The molecule has 1 amide bonds. The molecule has 5 N–H and O–H groups in total. The molecule has 0 aromatic heterocycles. The van der Waals surface area contributed by atoms with Crippen molar-refractivity contribution in [2.24, 2.45) is 10.9 Å². The van der Waals surface area contributed by atoms with Crippen LogP contribution in [0.4, 0.5) is 5.69 Å². The Bertz CT molecular complexity index is 645. The molecule has 0 aliphatic carbocycles. The molecule has 0 bridgehead atoms. The van der Waals surface area contributed by atoms with Crippen molar-refractivity contribution in [3.05, 3.63) is 23.8 Å². The lowest BCUT2D eigenvalue weighted by molar-refractivity contribution is -0.126. The normalized spacial score (nSPS) is 22.2. The van der Waals surface area contributed by atoms with Crippen LogP contribution in [-0.2, 0) is 19.6 Å². The van der Waals surface area contributed by atoms with Gasteiger partial charge in [-0.15, -0.1) is 0 Å². The third-order valence-corrected chi connectivity index (χ3v) is 4.57. The number of amides is 1. The average Bonchev–Trinajstić information content (AvgIpc) is 2.88. The molecule has 116 valence electrons. The van der Waals surface area contributed by atoms with E-state index in [-0.39, 0.29) is 16.9 Å². The van der Waals surface area contributed by atoms with Gasteiger partial charge in [-0.1, -0.05) is 6.07 Å². The molecule has 1 aromatic carbocycles. The smallest absolute Gasteiger partial charge is 0.253 e. The van der Waals surface area contributed by atoms with Gasteiger partial charge in [0.15, 0.2) is 0 Å². The maximum absolute atomic E-state index is 12.1. The summed E-state index contributed by atoms with van der Waals surface area (Å²) >= 11 is 0. The molecule has 1 fully saturated rings. The molecule has 2 rings (SSSR count). The first kappa shape index (κ1) is 15.9. The standard InChI is InChI=1S/C13H19N3O4S/c1-8-10(3-2-4-12(8)21(15,18)19)16-13(17)11-6-5-9(7-14)20-11/h2-4,9,11H,5-7,14H2,1H3,(H,16,17)(H2,15,18,19). The molecule has 1 aliphatic heterocycles. The fourth-order valence-corrected chi connectivity index (χ4v) is 3.15. The third kappa shape index (κ3) is 3.59. The first-order chi connectivity index (χ1) is 9.82. The molecular formula is C13H19N3O4S. The topological polar surface area (TPSA) is 125 Å². The Morgan fingerprint density at radius 2 is 2.14 bits per heavy atom. The Hall–Kier alpha value is -1.48. The number of ether oxygens (including phenoxy) is 1. The summed E-state index contributed by atoms with van der Waals surface area (Å²) in [6.07, 6.45) is 0.681. The van der Waals surface area contributed by atoms with Gasteiger partial charge < -0.3 is 15.8 Å². The summed E-state index contributed by atoms with van der Waals surface area (Å²) < 4.78 is 28.4. The van der Waals surface area contributed by atoms with E-state index >= 15 is 0 Å². The van der Waals surface area contributed by atoms with Gasteiger partial charge >= 0.3 is 0 Å². The van der Waals surface area contributed by atoms with E-state index in [4.69, 9.17) is 15.6 Å². The summed E-state index contributed by atoms with van der Waals surface area (Å²) in [6, 6.07) is 4.55. The van der Waals surface area contributed by atoms with E-state index in [1.165, 1.54) is 12.1 Å². The number of benzene rings is 1. The van der Waals surface area contributed by atoms with Crippen LogP contribution in [0.15, 0.2) is 23.1 Å². The number of primary sulfonamides is 1. The van der Waals surface area contributed by atoms with E-state index in [0.717, 1.165) is 6.42 Å². The van der Waals surface area contributed by atoms with Crippen LogP contribution in [-0.4, -0.2) is 33.1 Å². The first-order valence-corrected chi connectivity index (χ1v) is 8.16. The number of sulfonamides is 1. The molecule has 0 radical (unpaired) electrons. The molecule has 0 spiro atoms. The highest BCUT2D eigenvalue weighted by Gasteiger charge is 2.30. The zero-order valence-corrected chi connectivity index (χ0v) is 12.5. The highest BCUT2D eigenvalue weighted by Crippen LogP contribution is 2.24. The van der Waals surface area contributed by atoms with Crippen LogP contribution >= 0.6 is 0 Å². The van der Waals surface area contributed by atoms with Crippen molar-refractivity contribution < 1.29 is 17.9 Å². The number of carbonyl (C=O) groups is 1. The molecule has 1 aromatic rings. The van der Waals surface area contributed by atoms with E-state index in [1.54, 1.807) is 13.0 Å². The lowest BCUT2D eigenvalue weighted by atomic mass is 10.1. The minimum absolute atomic E-state index is 0.00697. The molecular weight excluding hydrogens is 294 g/mol. The zero-order chi connectivity index (χ0) is 15.6. The van der Waals surface area contributed by atoms with Crippen LogP contribution < -0.4 is 16.2 Å². The van der Waals surface area contributed by atoms with Crippen LogP contribution in [0.5, 0.6) is 0 Å². The highest BCUT2D eigenvalue weighted by atomic mass is 32.2. The minimum Gasteiger partial charge on any atom is -0.364 e. The monoisotopic (exact) mass is 313 g/mol. The maximum Gasteiger partial charge on any atom is 0.253 e. The Morgan fingerprint density at radius 1 is 1.43 bits per heavy atom. The summed E-state index contributed by atoms with van der Waals surface area (Å²) in [5.41, 5.74) is 6.32. The van der Waals surface area contributed by atoms with Gasteiger partial charge in [0, 0.05) is 12.2 Å². The molecule has 8 heteroatoms. The minimum atomic E-state index is -3.82. The second kappa shape index (κ2) is 6.10. The molecule has 21 heavy (non-hydrogen) atoms. The van der Waals surface area contributed by atoms with Gasteiger partial charge in [-0.2, -0.15) is 0 Å². The second-order valence-electron chi connectivity index (χ2n) is 5.02. The number of nitrogens with two attached hydrogens (primary N) is 2. The van der Waals surface area contributed by atoms with Crippen molar-refractivity contribution in [3.8, 4) is 0 Å². The van der Waals surface area contributed by atoms with Gasteiger partial charge in [0.05, 0.1) is 11.0 Å². The Kier molecular flexibility index (Phi) is 4.62. The predicted molar refractivity (Wildman–Crippen MR) is 78.1 cm³/mol. The average molecular weight is 313 g/mol. The summed E-state index contributed by atoms with van der Waals surface area (Å²) in [4.78, 5) is 12.1. The van der Waals surface area contributed by atoms with Gasteiger partial charge in [-0.3, -0.25) is 4.79 Å². The molecule has 1 heterocycles. The highest BCUT2D eigenvalue weighted by molar-refractivity contribution is 7.89. The van der Waals surface area contributed by atoms with Crippen LogP contribution in [0.2, 0.25) is 0 Å². The van der Waals surface area contributed by atoms with Crippen LogP contribution in [0.25, 0.3) is 0 Å². The summed E-state index contributed by atoms with van der Waals surface area (Å²) in [6.45, 7) is 1.97. The van der Waals surface area contributed by atoms with Crippen molar-refractivity contribution in [2.45, 2.75) is 36.9 Å². The van der Waals surface area contributed by atoms with Gasteiger partial charge in [-0.05, 0) is 37.5 Å². The maximum atomic E-state index is 12.1. The Morgan fingerprint density at radius 3 is 2.71 bits per heavy atom. The second-order valence-corrected chi connectivity index (χ2v) is 6.55. The summed E-state index contributed by atoms with van der Waals surface area (Å²) in [5, 5.41) is 7.82. The van der Waals surface area contributed by atoms with Crippen molar-refractivity contribution in [3.63, 3.8) is 0 Å². The van der Waals surface area contributed by atoms with Crippen LogP contribution in [0, 0.1) is 6.92 Å². The predicted octanol–water partition coefficient (Wildman–Crippen LogP) is 0.0872.